The second kappa shape index (κ2) is 6.16. The Bertz CT molecular complexity index is 859. The summed E-state index contributed by atoms with van der Waals surface area (Å²) in [6.07, 6.45) is 1.62. The zero-order valence-corrected chi connectivity index (χ0v) is 14.0. The van der Waals surface area contributed by atoms with Crippen LogP contribution in [0.5, 0.6) is 5.75 Å². The van der Waals surface area contributed by atoms with Gasteiger partial charge in [0, 0.05) is 26.2 Å². The van der Waals surface area contributed by atoms with E-state index in [0.29, 0.717) is 5.65 Å². The van der Waals surface area contributed by atoms with Crippen LogP contribution in [0.3, 0.4) is 0 Å². The van der Waals surface area contributed by atoms with E-state index in [4.69, 9.17) is 16.3 Å². The number of rotatable bonds is 3. The number of anilines is 2. The fraction of sp³-hybridized carbons (Fsp3) is 0.312. The van der Waals surface area contributed by atoms with Crippen LogP contribution in [0, 0.1) is 0 Å². The van der Waals surface area contributed by atoms with Crippen LogP contribution in [-0.4, -0.2) is 53.2 Å². The Hall–Kier alpha value is -2.54. The summed E-state index contributed by atoms with van der Waals surface area (Å²) in [6, 6.07) is 8.08. The number of nitrogens with one attached hydrogen (secondary N) is 1. The third kappa shape index (κ3) is 2.60. The van der Waals surface area contributed by atoms with Crippen LogP contribution in [0.15, 0.2) is 30.6 Å². The molecule has 1 N–H and O–H groups in total. The summed E-state index contributed by atoms with van der Waals surface area (Å²) < 4.78 is 5.47. The summed E-state index contributed by atoms with van der Waals surface area (Å²) in [5.41, 5.74) is 2.53. The van der Waals surface area contributed by atoms with Crippen LogP contribution < -0.4 is 14.5 Å². The molecule has 3 aromatic rings. The number of methoxy groups -OCH3 is 1. The van der Waals surface area contributed by atoms with Gasteiger partial charge in [0.1, 0.15) is 5.75 Å². The number of hydrogen-bond acceptors (Lipinski definition) is 6. The average molecular weight is 345 g/mol. The lowest BCUT2D eigenvalue weighted by molar-refractivity contribution is 0.413. The lowest BCUT2D eigenvalue weighted by atomic mass is 10.2. The van der Waals surface area contributed by atoms with E-state index < -0.39 is 0 Å². The Kier molecular flexibility index (Phi) is 3.86. The van der Waals surface area contributed by atoms with Crippen LogP contribution in [0.1, 0.15) is 0 Å². The minimum absolute atomic E-state index is 0.230. The minimum atomic E-state index is 0.230. The van der Waals surface area contributed by atoms with E-state index in [-0.39, 0.29) is 5.28 Å². The monoisotopic (exact) mass is 344 g/mol. The molecular weight excluding hydrogens is 328 g/mol. The number of nitrogens with zero attached hydrogens (tertiary/aromatic N) is 5. The number of benzene rings is 1. The number of H-pyrrole nitrogens is 1. The molecule has 1 aliphatic rings. The Balaban J connectivity index is 1.56. The van der Waals surface area contributed by atoms with E-state index in [1.165, 1.54) is 0 Å². The van der Waals surface area contributed by atoms with Gasteiger partial charge >= 0.3 is 0 Å². The Morgan fingerprint density at radius 1 is 1.08 bits per heavy atom. The van der Waals surface area contributed by atoms with Crippen molar-refractivity contribution in [2.24, 2.45) is 0 Å². The smallest absolute Gasteiger partial charge is 0.226 e. The van der Waals surface area contributed by atoms with Crippen molar-refractivity contribution in [2.75, 3.05) is 43.1 Å². The summed E-state index contributed by atoms with van der Waals surface area (Å²) >= 11 is 6.04. The van der Waals surface area contributed by atoms with Crippen molar-refractivity contribution >= 4 is 34.3 Å². The summed E-state index contributed by atoms with van der Waals surface area (Å²) in [5.74, 6) is 1.68. The summed E-state index contributed by atoms with van der Waals surface area (Å²) in [4.78, 5) is 20.4. The van der Waals surface area contributed by atoms with E-state index in [1.54, 1.807) is 13.4 Å². The van der Waals surface area contributed by atoms with Crippen LogP contribution in [-0.2, 0) is 0 Å². The Morgan fingerprint density at radius 2 is 1.83 bits per heavy atom. The maximum atomic E-state index is 6.04. The van der Waals surface area contributed by atoms with Gasteiger partial charge in [0.15, 0.2) is 17.0 Å². The Labute approximate surface area is 144 Å². The highest BCUT2D eigenvalue weighted by Crippen LogP contribution is 2.30. The standard InChI is InChI=1S/C16H17ClN6O/c1-24-12-5-3-2-4-11(12)22-6-8-23(9-7-22)15-13-14(19-10-18-13)20-16(17)21-15/h2-5,10H,6-9H2,1H3,(H,18,19,20,21). The van der Waals surface area contributed by atoms with Gasteiger partial charge in [0.2, 0.25) is 5.28 Å². The van der Waals surface area contributed by atoms with Gasteiger partial charge in [-0.1, -0.05) is 12.1 Å². The third-order valence-electron chi connectivity index (χ3n) is 4.24. The van der Waals surface area contributed by atoms with Gasteiger partial charge < -0.3 is 19.5 Å². The van der Waals surface area contributed by atoms with Crippen molar-refractivity contribution in [3.63, 3.8) is 0 Å². The zero-order chi connectivity index (χ0) is 16.5. The second-order valence-electron chi connectivity index (χ2n) is 5.56. The number of piperazine rings is 1. The topological polar surface area (TPSA) is 70.2 Å². The molecule has 0 aliphatic carbocycles. The third-order valence-corrected chi connectivity index (χ3v) is 4.41. The minimum Gasteiger partial charge on any atom is -0.495 e. The maximum absolute atomic E-state index is 6.04. The van der Waals surface area contributed by atoms with Crippen molar-refractivity contribution in [3.05, 3.63) is 35.9 Å². The van der Waals surface area contributed by atoms with Gasteiger partial charge in [-0.05, 0) is 23.7 Å². The fourth-order valence-corrected chi connectivity index (χ4v) is 3.23. The highest BCUT2D eigenvalue weighted by Gasteiger charge is 2.23. The number of para-hydroxylation sites is 2. The van der Waals surface area contributed by atoms with E-state index in [2.05, 4.69) is 35.8 Å². The van der Waals surface area contributed by atoms with E-state index in [9.17, 15) is 0 Å². The maximum Gasteiger partial charge on any atom is 0.226 e. The SMILES string of the molecule is COc1ccccc1N1CCN(c2nc(Cl)nc3[nH]cnc23)CC1. The molecule has 1 saturated heterocycles. The first-order chi connectivity index (χ1) is 11.8. The highest BCUT2D eigenvalue weighted by atomic mass is 35.5. The molecular formula is C16H17ClN6O. The molecule has 24 heavy (non-hydrogen) atoms. The lowest BCUT2D eigenvalue weighted by Crippen LogP contribution is -2.47. The molecule has 0 saturated carbocycles. The zero-order valence-electron chi connectivity index (χ0n) is 13.2. The Morgan fingerprint density at radius 3 is 2.62 bits per heavy atom. The highest BCUT2D eigenvalue weighted by molar-refractivity contribution is 6.28. The molecule has 0 radical (unpaired) electrons. The molecule has 1 aliphatic heterocycles. The molecule has 0 amide bonds. The molecule has 0 bridgehead atoms. The van der Waals surface area contributed by atoms with E-state index in [1.807, 2.05) is 18.2 Å². The molecule has 0 spiro atoms. The number of fused-ring (bicyclic) bond motifs is 1. The van der Waals surface area contributed by atoms with Crippen LogP contribution in [0.4, 0.5) is 11.5 Å². The van der Waals surface area contributed by atoms with Crippen molar-refractivity contribution in [1.29, 1.82) is 0 Å². The average Bonchev–Trinajstić information content (AvgIpc) is 3.09. The predicted octanol–water partition coefficient (Wildman–Crippen LogP) is 2.34. The van der Waals surface area contributed by atoms with E-state index in [0.717, 1.165) is 49.0 Å². The number of halogens is 1. The lowest BCUT2D eigenvalue weighted by Gasteiger charge is -2.37. The first kappa shape index (κ1) is 15.0. The number of hydrogen-bond donors (Lipinski definition) is 1. The largest absolute Gasteiger partial charge is 0.495 e. The van der Waals surface area contributed by atoms with Crippen LogP contribution in [0.25, 0.3) is 11.2 Å². The molecule has 1 aromatic carbocycles. The normalized spacial score (nSPS) is 15.1. The van der Waals surface area contributed by atoms with Crippen molar-refractivity contribution < 1.29 is 4.74 Å². The predicted molar refractivity (Wildman–Crippen MR) is 94.1 cm³/mol. The first-order valence-electron chi connectivity index (χ1n) is 7.76. The molecule has 0 atom stereocenters. The first-order valence-corrected chi connectivity index (χ1v) is 8.13. The summed E-state index contributed by atoms with van der Waals surface area (Å²) in [6.45, 7) is 3.39. The van der Waals surface area contributed by atoms with Gasteiger partial charge in [-0.25, -0.2) is 4.98 Å². The fourth-order valence-electron chi connectivity index (χ4n) is 3.06. The van der Waals surface area contributed by atoms with Crippen molar-refractivity contribution in [1.82, 2.24) is 19.9 Å². The van der Waals surface area contributed by atoms with Gasteiger partial charge in [-0.2, -0.15) is 9.97 Å². The molecule has 8 heteroatoms. The molecule has 3 heterocycles. The molecule has 1 fully saturated rings. The van der Waals surface area contributed by atoms with E-state index >= 15 is 0 Å². The van der Waals surface area contributed by atoms with Gasteiger partial charge in [0.25, 0.3) is 0 Å². The summed E-state index contributed by atoms with van der Waals surface area (Å²) in [5, 5.41) is 0.230. The molecule has 2 aromatic heterocycles. The second-order valence-corrected chi connectivity index (χ2v) is 5.90. The number of ether oxygens (including phenoxy) is 1. The quantitative estimate of drug-likeness (QED) is 0.735. The number of aromatic nitrogens is 4. The van der Waals surface area contributed by atoms with Crippen LogP contribution in [0.2, 0.25) is 5.28 Å². The van der Waals surface area contributed by atoms with Crippen LogP contribution >= 0.6 is 11.6 Å². The molecule has 124 valence electrons. The molecule has 0 unspecified atom stereocenters. The van der Waals surface area contributed by atoms with Crippen molar-refractivity contribution in [3.8, 4) is 5.75 Å². The van der Waals surface area contributed by atoms with Gasteiger partial charge in [-0.3, -0.25) is 0 Å². The molecule has 4 rings (SSSR count). The van der Waals surface area contributed by atoms with Gasteiger partial charge in [-0.15, -0.1) is 0 Å². The number of imidazole rings is 1. The molecule has 7 nitrogen and oxygen atoms in total. The van der Waals surface area contributed by atoms with Crippen molar-refractivity contribution in [2.45, 2.75) is 0 Å². The summed E-state index contributed by atoms with van der Waals surface area (Å²) in [7, 11) is 1.70. The number of aromatic amines is 1. The van der Waals surface area contributed by atoms with Gasteiger partial charge in [0.05, 0.1) is 19.1 Å².